The van der Waals surface area contributed by atoms with Crippen LogP contribution in [-0.4, -0.2) is 11.6 Å². The van der Waals surface area contributed by atoms with Crippen molar-refractivity contribution in [1.82, 2.24) is 0 Å². The molecule has 0 aromatic heterocycles. The van der Waals surface area contributed by atoms with Gasteiger partial charge >= 0.3 is 0 Å². The Hall–Kier alpha value is -2.22. The third-order valence-electron chi connectivity index (χ3n) is 6.53. The molecule has 3 rings (SSSR count). The Morgan fingerprint density at radius 2 is 0.929 bits per heavy atom. The van der Waals surface area contributed by atoms with Gasteiger partial charge in [0, 0.05) is 36.5 Å². The molecular formula is C26H32O2. The molecule has 0 saturated heterocycles. The normalized spacial score (nSPS) is 23.9. The molecule has 0 aliphatic heterocycles. The summed E-state index contributed by atoms with van der Waals surface area (Å²) in [5, 5.41) is 0. The molecule has 1 fully saturated rings. The van der Waals surface area contributed by atoms with Crippen molar-refractivity contribution in [3.63, 3.8) is 0 Å². The average molecular weight is 377 g/mol. The third-order valence-corrected chi connectivity index (χ3v) is 6.53. The second-order valence-electron chi connectivity index (χ2n) is 7.93. The van der Waals surface area contributed by atoms with Crippen LogP contribution in [0.3, 0.4) is 0 Å². The number of rotatable bonds is 8. The molecule has 0 amide bonds. The molecule has 1 saturated carbocycles. The summed E-state index contributed by atoms with van der Waals surface area (Å²) < 4.78 is 0. The van der Waals surface area contributed by atoms with E-state index in [1.54, 1.807) is 0 Å². The van der Waals surface area contributed by atoms with Crippen LogP contribution in [0.1, 0.15) is 74.6 Å². The Labute approximate surface area is 169 Å². The van der Waals surface area contributed by atoms with Crippen LogP contribution in [0.4, 0.5) is 0 Å². The fourth-order valence-electron chi connectivity index (χ4n) is 4.80. The van der Waals surface area contributed by atoms with Crippen molar-refractivity contribution >= 4 is 11.6 Å². The van der Waals surface area contributed by atoms with E-state index in [1.807, 2.05) is 13.8 Å². The molecule has 0 bridgehead atoms. The molecule has 2 aromatic carbocycles. The lowest BCUT2D eigenvalue weighted by Crippen LogP contribution is -2.50. The molecule has 0 heterocycles. The fourth-order valence-corrected chi connectivity index (χ4v) is 4.80. The second-order valence-corrected chi connectivity index (χ2v) is 7.93. The molecule has 0 N–H and O–H groups in total. The van der Waals surface area contributed by atoms with Gasteiger partial charge in [-0.25, -0.2) is 0 Å². The summed E-state index contributed by atoms with van der Waals surface area (Å²) in [6.45, 7) is 8.15. The van der Waals surface area contributed by atoms with E-state index >= 15 is 0 Å². The zero-order chi connectivity index (χ0) is 20.3. The number of Topliss-reactive ketones (excluding diaryl/α,β-unsaturated/α-hetero) is 2. The largest absolute Gasteiger partial charge is 0.299 e. The minimum atomic E-state index is -0.106. The number of aryl methyl sites for hydroxylation is 2. The highest BCUT2D eigenvalue weighted by atomic mass is 16.1. The summed E-state index contributed by atoms with van der Waals surface area (Å²) in [4.78, 5) is 25.9. The topological polar surface area (TPSA) is 34.1 Å². The van der Waals surface area contributed by atoms with Gasteiger partial charge in [-0.15, -0.1) is 0 Å². The maximum atomic E-state index is 13.0. The quantitative estimate of drug-likeness (QED) is 0.576. The number of carbonyl (C=O) groups is 2. The summed E-state index contributed by atoms with van der Waals surface area (Å²) >= 11 is 0. The number of ketones is 2. The minimum absolute atomic E-state index is 0.00153. The van der Waals surface area contributed by atoms with Gasteiger partial charge in [-0.1, -0.05) is 76.2 Å². The molecule has 2 aromatic rings. The van der Waals surface area contributed by atoms with Gasteiger partial charge in [0.05, 0.1) is 0 Å². The first-order valence-corrected chi connectivity index (χ1v) is 10.8. The predicted molar refractivity (Wildman–Crippen MR) is 115 cm³/mol. The molecular weight excluding hydrogens is 344 g/mol. The average Bonchev–Trinajstić information content (AvgIpc) is 2.73. The molecule has 0 atom stereocenters. The highest BCUT2D eigenvalue weighted by Gasteiger charge is 2.56. The van der Waals surface area contributed by atoms with Gasteiger partial charge in [-0.3, -0.25) is 9.59 Å². The molecule has 2 nitrogen and oxygen atoms in total. The monoisotopic (exact) mass is 376 g/mol. The van der Waals surface area contributed by atoms with Gasteiger partial charge in [-0.05, 0) is 35.1 Å². The van der Waals surface area contributed by atoms with Crippen LogP contribution in [0.25, 0.3) is 0 Å². The van der Waals surface area contributed by atoms with E-state index in [1.165, 1.54) is 11.1 Å². The summed E-state index contributed by atoms with van der Waals surface area (Å²) in [6.07, 6.45) is 3.02. The van der Waals surface area contributed by atoms with Gasteiger partial charge in [0.25, 0.3) is 0 Å². The summed E-state index contributed by atoms with van der Waals surface area (Å²) in [6, 6.07) is 17.1. The van der Waals surface area contributed by atoms with E-state index in [0.29, 0.717) is 12.8 Å². The van der Waals surface area contributed by atoms with Crippen LogP contribution in [0.5, 0.6) is 0 Å². The first-order valence-electron chi connectivity index (χ1n) is 10.8. The SMILES string of the molecule is CCC(=O)C1C(c2ccc(CC)cc2)C(C(=O)CC)C1c1ccc(CC)cc1. The van der Waals surface area contributed by atoms with Crippen molar-refractivity contribution in [2.75, 3.05) is 0 Å². The van der Waals surface area contributed by atoms with Gasteiger partial charge in [-0.2, -0.15) is 0 Å². The van der Waals surface area contributed by atoms with Crippen molar-refractivity contribution < 1.29 is 9.59 Å². The molecule has 28 heavy (non-hydrogen) atoms. The van der Waals surface area contributed by atoms with Crippen molar-refractivity contribution in [1.29, 1.82) is 0 Å². The van der Waals surface area contributed by atoms with E-state index < -0.39 is 0 Å². The first-order chi connectivity index (χ1) is 13.5. The number of hydrogen-bond acceptors (Lipinski definition) is 2. The number of hydrogen-bond donors (Lipinski definition) is 0. The summed E-state index contributed by atoms with van der Waals surface area (Å²) in [5.74, 6) is 0.336. The maximum Gasteiger partial charge on any atom is 0.136 e. The van der Waals surface area contributed by atoms with Gasteiger partial charge < -0.3 is 0 Å². The number of benzene rings is 2. The van der Waals surface area contributed by atoms with Gasteiger partial charge in [0.15, 0.2) is 0 Å². The summed E-state index contributed by atoms with van der Waals surface area (Å²) in [7, 11) is 0. The molecule has 148 valence electrons. The molecule has 0 radical (unpaired) electrons. The van der Waals surface area contributed by atoms with Gasteiger partial charge in [0.1, 0.15) is 11.6 Å². The van der Waals surface area contributed by atoms with Crippen LogP contribution in [0.2, 0.25) is 0 Å². The van der Waals surface area contributed by atoms with Crippen molar-refractivity contribution in [2.24, 2.45) is 11.8 Å². The standard InChI is InChI=1S/C26H32O2/c1-5-17-9-13-19(14-10-17)23-25(21(27)7-3)24(26(23)22(28)8-4)20-15-11-18(6-2)12-16-20/h9-16,23-26H,5-8H2,1-4H3. The van der Waals surface area contributed by atoms with Crippen molar-refractivity contribution in [3.8, 4) is 0 Å². The van der Waals surface area contributed by atoms with Crippen LogP contribution < -0.4 is 0 Å². The lowest BCUT2D eigenvalue weighted by atomic mass is 9.50. The second kappa shape index (κ2) is 8.86. The fraction of sp³-hybridized carbons (Fsp3) is 0.462. The molecule has 1 aliphatic carbocycles. The zero-order valence-electron chi connectivity index (χ0n) is 17.6. The Morgan fingerprint density at radius 3 is 1.18 bits per heavy atom. The lowest BCUT2D eigenvalue weighted by Gasteiger charge is -2.51. The molecule has 1 aliphatic rings. The van der Waals surface area contributed by atoms with Gasteiger partial charge in [0.2, 0.25) is 0 Å². The van der Waals surface area contributed by atoms with E-state index in [2.05, 4.69) is 62.4 Å². The number of carbonyl (C=O) groups excluding carboxylic acids is 2. The van der Waals surface area contributed by atoms with Crippen molar-refractivity contribution in [3.05, 3.63) is 70.8 Å². The molecule has 0 unspecified atom stereocenters. The summed E-state index contributed by atoms with van der Waals surface area (Å²) in [5.41, 5.74) is 4.84. The third kappa shape index (κ3) is 3.70. The van der Waals surface area contributed by atoms with Crippen molar-refractivity contribution in [2.45, 2.75) is 65.2 Å². The van der Waals surface area contributed by atoms with Crippen LogP contribution >= 0.6 is 0 Å². The Morgan fingerprint density at radius 1 is 0.607 bits per heavy atom. The van der Waals surface area contributed by atoms with Crippen LogP contribution in [-0.2, 0) is 22.4 Å². The highest BCUT2D eigenvalue weighted by molar-refractivity contribution is 5.91. The van der Waals surface area contributed by atoms with E-state index in [4.69, 9.17) is 0 Å². The Kier molecular flexibility index (Phi) is 6.49. The molecule has 0 spiro atoms. The van der Waals surface area contributed by atoms with E-state index in [-0.39, 0.29) is 35.2 Å². The maximum absolute atomic E-state index is 13.0. The van der Waals surface area contributed by atoms with Crippen LogP contribution in [0, 0.1) is 11.8 Å². The first kappa shape index (κ1) is 20.5. The Balaban J connectivity index is 2.03. The molecule has 2 heteroatoms. The highest BCUT2D eigenvalue weighted by Crippen LogP contribution is 2.58. The van der Waals surface area contributed by atoms with E-state index in [9.17, 15) is 9.59 Å². The zero-order valence-corrected chi connectivity index (χ0v) is 17.6. The Bertz CT molecular complexity index is 737. The van der Waals surface area contributed by atoms with E-state index in [0.717, 1.165) is 24.0 Å². The predicted octanol–water partition coefficient (Wildman–Crippen LogP) is 5.88. The lowest BCUT2D eigenvalue weighted by molar-refractivity contribution is -0.137. The smallest absolute Gasteiger partial charge is 0.136 e. The minimum Gasteiger partial charge on any atom is -0.299 e. The van der Waals surface area contributed by atoms with Crippen LogP contribution in [0.15, 0.2) is 48.5 Å².